The number of hydrogen-bond donors (Lipinski definition) is 1. The first-order chi connectivity index (χ1) is 6.31. The van der Waals surface area contributed by atoms with E-state index in [0.717, 1.165) is 29.7 Å². The molecule has 1 aromatic rings. The third kappa shape index (κ3) is 1.71. The second-order valence-electron chi connectivity index (χ2n) is 3.19. The first-order valence-electron chi connectivity index (χ1n) is 4.45. The van der Waals surface area contributed by atoms with Gasteiger partial charge in [-0.2, -0.15) is 0 Å². The van der Waals surface area contributed by atoms with Crippen LogP contribution in [0.2, 0.25) is 0 Å². The fraction of sp³-hybridized carbons (Fsp3) is 0.400. The smallest absolute Gasteiger partial charge is 0.125 e. The summed E-state index contributed by atoms with van der Waals surface area (Å²) in [6.45, 7) is 1.48. The molecular formula is C10H12BrNO. The van der Waals surface area contributed by atoms with Gasteiger partial charge in [0.15, 0.2) is 0 Å². The minimum Gasteiger partial charge on any atom is -0.493 e. The zero-order valence-electron chi connectivity index (χ0n) is 7.35. The van der Waals surface area contributed by atoms with Crippen molar-refractivity contribution in [3.05, 3.63) is 27.7 Å². The minimum absolute atomic E-state index is 0.673. The van der Waals surface area contributed by atoms with E-state index in [1.807, 2.05) is 0 Å². The van der Waals surface area contributed by atoms with E-state index in [4.69, 9.17) is 10.5 Å². The molecule has 3 heteroatoms. The van der Waals surface area contributed by atoms with Crippen molar-refractivity contribution in [2.75, 3.05) is 13.2 Å². The van der Waals surface area contributed by atoms with Crippen LogP contribution in [-0.2, 0) is 12.8 Å². The zero-order chi connectivity index (χ0) is 9.26. The van der Waals surface area contributed by atoms with Crippen molar-refractivity contribution in [3.8, 4) is 5.75 Å². The maximum Gasteiger partial charge on any atom is 0.125 e. The Kier molecular flexibility index (Phi) is 2.56. The average molecular weight is 242 g/mol. The molecule has 2 nitrogen and oxygen atoms in total. The molecule has 0 saturated heterocycles. The Bertz CT molecular complexity index is 325. The Morgan fingerprint density at radius 1 is 1.46 bits per heavy atom. The second kappa shape index (κ2) is 3.68. The van der Waals surface area contributed by atoms with Crippen molar-refractivity contribution >= 4 is 15.9 Å². The van der Waals surface area contributed by atoms with E-state index in [2.05, 4.69) is 28.1 Å². The number of halogens is 1. The van der Waals surface area contributed by atoms with E-state index < -0.39 is 0 Å². The van der Waals surface area contributed by atoms with Crippen LogP contribution in [0.1, 0.15) is 11.1 Å². The standard InChI is InChI=1S/C10H12BrNO/c11-9-5-7(1-3-12)10-8(6-9)2-4-13-10/h5-6H,1-4,12H2. The van der Waals surface area contributed by atoms with Gasteiger partial charge in [-0.3, -0.25) is 0 Å². The van der Waals surface area contributed by atoms with Crippen molar-refractivity contribution < 1.29 is 4.74 Å². The van der Waals surface area contributed by atoms with Crippen LogP contribution in [0.3, 0.4) is 0 Å². The highest BCUT2D eigenvalue weighted by Gasteiger charge is 2.16. The van der Waals surface area contributed by atoms with Crippen molar-refractivity contribution in [3.63, 3.8) is 0 Å². The number of benzene rings is 1. The number of nitrogens with two attached hydrogens (primary N) is 1. The summed E-state index contributed by atoms with van der Waals surface area (Å²) < 4.78 is 6.69. The summed E-state index contributed by atoms with van der Waals surface area (Å²) in [5.74, 6) is 1.06. The molecule has 1 aliphatic heterocycles. The number of fused-ring (bicyclic) bond motifs is 1. The summed E-state index contributed by atoms with van der Waals surface area (Å²) in [6.07, 6.45) is 1.91. The molecule has 0 fully saturated rings. The van der Waals surface area contributed by atoms with Gasteiger partial charge in [-0.15, -0.1) is 0 Å². The van der Waals surface area contributed by atoms with E-state index in [1.165, 1.54) is 11.1 Å². The molecule has 0 amide bonds. The van der Waals surface area contributed by atoms with Crippen molar-refractivity contribution in [1.82, 2.24) is 0 Å². The Morgan fingerprint density at radius 2 is 2.31 bits per heavy atom. The molecule has 0 aromatic heterocycles. The quantitative estimate of drug-likeness (QED) is 0.859. The molecule has 0 saturated carbocycles. The largest absolute Gasteiger partial charge is 0.493 e. The molecule has 1 aliphatic rings. The number of ether oxygens (including phenoxy) is 1. The Labute approximate surface area is 86.2 Å². The van der Waals surface area contributed by atoms with Crippen molar-refractivity contribution in [2.45, 2.75) is 12.8 Å². The Hall–Kier alpha value is -0.540. The summed E-state index contributed by atoms with van der Waals surface area (Å²) in [5.41, 5.74) is 8.06. The van der Waals surface area contributed by atoms with Gasteiger partial charge in [0.05, 0.1) is 6.61 Å². The molecule has 0 unspecified atom stereocenters. The molecule has 0 atom stereocenters. The third-order valence-electron chi connectivity index (χ3n) is 2.24. The molecule has 1 aromatic carbocycles. The Morgan fingerprint density at radius 3 is 3.08 bits per heavy atom. The molecule has 2 N–H and O–H groups in total. The number of rotatable bonds is 2. The van der Waals surface area contributed by atoms with Gasteiger partial charge in [-0.25, -0.2) is 0 Å². The summed E-state index contributed by atoms with van der Waals surface area (Å²) in [7, 11) is 0. The molecule has 0 bridgehead atoms. The van der Waals surface area contributed by atoms with Gasteiger partial charge in [-0.1, -0.05) is 15.9 Å². The molecule has 1 heterocycles. The highest BCUT2D eigenvalue weighted by molar-refractivity contribution is 9.10. The molecule has 0 radical (unpaired) electrons. The molecular weight excluding hydrogens is 230 g/mol. The van der Waals surface area contributed by atoms with Gasteiger partial charge in [-0.05, 0) is 36.2 Å². The van der Waals surface area contributed by atoms with Crippen LogP contribution in [0.25, 0.3) is 0 Å². The van der Waals surface area contributed by atoms with Gasteiger partial charge in [0, 0.05) is 10.9 Å². The predicted molar refractivity (Wildman–Crippen MR) is 56.1 cm³/mol. The fourth-order valence-electron chi connectivity index (χ4n) is 1.69. The van der Waals surface area contributed by atoms with Gasteiger partial charge >= 0.3 is 0 Å². The number of hydrogen-bond acceptors (Lipinski definition) is 2. The summed E-state index contributed by atoms with van der Waals surface area (Å²) in [5, 5.41) is 0. The fourth-order valence-corrected chi connectivity index (χ4v) is 2.24. The summed E-state index contributed by atoms with van der Waals surface area (Å²) >= 11 is 3.49. The third-order valence-corrected chi connectivity index (χ3v) is 2.70. The van der Waals surface area contributed by atoms with Crippen molar-refractivity contribution in [2.24, 2.45) is 5.73 Å². The normalized spacial score (nSPS) is 14.0. The van der Waals surface area contributed by atoms with Crippen LogP contribution >= 0.6 is 15.9 Å². The lowest BCUT2D eigenvalue weighted by atomic mass is 10.1. The van der Waals surface area contributed by atoms with E-state index in [-0.39, 0.29) is 0 Å². The summed E-state index contributed by atoms with van der Waals surface area (Å²) in [6, 6.07) is 4.22. The molecule has 0 spiro atoms. The van der Waals surface area contributed by atoms with Gasteiger partial charge in [0.1, 0.15) is 5.75 Å². The van der Waals surface area contributed by atoms with Gasteiger partial charge in [0.2, 0.25) is 0 Å². The lowest BCUT2D eigenvalue weighted by Crippen LogP contribution is -2.04. The van der Waals surface area contributed by atoms with Crippen molar-refractivity contribution in [1.29, 1.82) is 0 Å². The lowest BCUT2D eigenvalue weighted by molar-refractivity contribution is 0.353. The molecule has 0 aliphatic carbocycles. The Balaban J connectivity index is 2.43. The van der Waals surface area contributed by atoms with Crippen LogP contribution in [0, 0.1) is 0 Å². The van der Waals surface area contributed by atoms with E-state index in [9.17, 15) is 0 Å². The topological polar surface area (TPSA) is 35.2 Å². The first-order valence-corrected chi connectivity index (χ1v) is 5.24. The van der Waals surface area contributed by atoms with E-state index in [1.54, 1.807) is 0 Å². The van der Waals surface area contributed by atoms with E-state index >= 15 is 0 Å². The maximum absolute atomic E-state index is 5.56. The van der Waals surface area contributed by atoms with Crippen LogP contribution in [-0.4, -0.2) is 13.2 Å². The van der Waals surface area contributed by atoms with Gasteiger partial charge in [0.25, 0.3) is 0 Å². The minimum atomic E-state index is 0.673. The highest BCUT2D eigenvalue weighted by atomic mass is 79.9. The van der Waals surface area contributed by atoms with Crippen LogP contribution in [0.5, 0.6) is 5.75 Å². The highest BCUT2D eigenvalue weighted by Crippen LogP contribution is 2.32. The van der Waals surface area contributed by atoms with E-state index in [0.29, 0.717) is 6.54 Å². The zero-order valence-corrected chi connectivity index (χ0v) is 8.93. The predicted octanol–water partition coefficient (Wildman–Crippen LogP) is 1.89. The molecule has 2 rings (SSSR count). The molecule has 70 valence electrons. The SMILES string of the molecule is NCCc1cc(Br)cc2c1OCC2. The summed E-state index contributed by atoms with van der Waals surface area (Å²) in [4.78, 5) is 0. The lowest BCUT2D eigenvalue weighted by Gasteiger charge is -2.07. The van der Waals surface area contributed by atoms with Crippen LogP contribution in [0.15, 0.2) is 16.6 Å². The average Bonchev–Trinajstić information content (AvgIpc) is 2.52. The van der Waals surface area contributed by atoms with Gasteiger partial charge < -0.3 is 10.5 Å². The van der Waals surface area contributed by atoms with Crippen LogP contribution in [0.4, 0.5) is 0 Å². The van der Waals surface area contributed by atoms with Crippen LogP contribution < -0.4 is 10.5 Å². The molecule has 13 heavy (non-hydrogen) atoms. The first kappa shape index (κ1) is 9.03. The monoisotopic (exact) mass is 241 g/mol. The second-order valence-corrected chi connectivity index (χ2v) is 4.11. The maximum atomic E-state index is 5.56.